The number of allylic oxidation sites excluding steroid dienone is 3. The lowest BCUT2D eigenvalue weighted by Crippen LogP contribution is -2.21. The summed E-state index contributed by atoms with van der Waals surface area (Å²) in [5, 5.41) is 10.7. The topological polar surface area (TPSA) is 99.1 Å². The van der Waals surface area contributed by atoms with Crippen LogP contribution in [0.25, 0.3) is 0 Å². The van der Waals surface area contributed by atoms with E-state index < -0.39 is 30.1 Å². The summed E-state index contributed by atoms with van der Waals surface area (Å²) in [7, 11) is 2.54. The smallest absolute Gasteiger partial charge is 0.336 e. The molecule has 0 saturated heterocycles. The van der Waals surface area contributed by atoms with Crippen LogP contribution in [0.1, 0.15) is 53.4 Å². The molecule has 2 atom stereocenters. The molecule has 0 unspecified atom stereocenters. The van der Waals surface area contributed by atoms with Gasteiger partial charge in [0, 0.05) is 18.9 Å². The summed E-state index contributed by atoms with van der Waals surface area (Å²) < 4.78 is 15.1. The van der Waals surface area contributed by atoms with E-state index in [4.69, 9.17) is 14.2 Å². The molecule has 7 nitrogen and oxygen atoms in total. The number of aliphatic hydroxyl groups excluding tert-OH is 1. The Labute approximate surface area is 184 Å². The molecule has 0 fully saturated rings. The Balaban J connectivity index is 3.50. The minimum absolute atomic E-state index is 0.146. The molecular weight excluding hydrogens is 400 g/mol. The molecule has 1 N–H and O–H groups in total. The Morgan fingerprint density at radius 1 is 1.06 bits per heavy atom. The van der Waals surface area contributed by atoms with Gasteiger partial charge in [0.05, 0.1) is 25.9 Å². The van der Waals surface area contributed by atoms with Crippen molar-refractivity contribution >= 4 is 17.9 Å². The molecular formula is C24H34O7. The average molecular weight is 435 g/mol. The van der Waals surface area contributed by atoms with Gasteiger partial charge < -0.3 is 19.3 Å². The van der Waals surface area contributed by atoms with Crippen LogP contribution in [0.2, 0.25) is 0 Å². The summed E-state index contributed by atoms with van der Waals surface area (Å²) >= 11 is 0. The third kappa shape index (κ3) is 8.92. The second-order valence-corrected chi connectivity index (χ2v) is 7.85. The fourth-order valence-electron chi connectivity index (χ4n) is 3.28. The predicted molar refractivity (Wildman–Crippen MR) is 117 cm³/mol. The van der Waals surface area contributed by atoms with Crippen molar-refractivity contribution in [3.63, 3.8) is 0 Å². The van der Waals surface area contributed by atoms with E-state index in [1.165, 1.54) is 21.1 Å². The van der Waals surface area contributed by atoms with Crippen molar-refractivity contribution in [2.75, 3.05) is 14.2 Å². The van der Waals surface area contributed by atoms with Gasteiger partial charge in [-0.25, -0.2) is 9.59 Å². The van der Waals surface area contributed by atoms with Gasteiger partial charge in [-0.15, -0.1) is 0 Å². The van der Waals surface area contributed by atoms with Crippen LogP contribution in [0.15, 0.2) is 46.6 Å². The number of ether oxygens (including phenoxy) is 3. The predicted octanol–water partition coefficient (Wildman–Crippen LogP) is 3.58. The summed E-state index contributed by atoms with van der Waals surface area (Å²) in [5.41, 5.74) is 2.37. The van der Waals surface area contributed by atoms with Crippen LogP contribution in [-0.2, 0) is 28.6 Å². The van der Waals surface area contributed by atoms with Gasteiger partial charge in [-0.3, -0.25) is 4.79 Å². The number of hydrogen-bond acceptors (Lipinski definition) is 7. The lowest BCUT2D eigenvalue weighted by molar-refractivity contribution is -0.144. The third-order valence-corrected chi connectivity index (χ3v) is 4.99. The Morgan fingerprint density at radius 3 is 2.26 bits per heavy atom. The minimum Gasteiger partial charge on any atom is -0.466 e. The Kier molecular flexibility index (Phi) is 11.0. The van der Waals surface area contributed by atoms with E-state index in [0.717, 1.165) is 11.1 Å². The first-order valence-corrected chi connectivity index (χ1v) is 10.4. The highest BCUT2D eigenvalue weighted by atomic mass is 16.5. The number of methoxy groups -OCH3 is 2. The molecule has 1 rings (SSSR count). The second kappa shape index (κ2) is 12.9. The van der Waals surface area contributed by atoms with Crippen molar-refractivity contribution in [3.05, 3.63) is 46.6 Å². The molecule has 0 heterocycles. The molecule has 0 aromatic heterocycles. The van der Waals surface area contributed by atoms with Crippen molar-refractivity contribution in [1.29, 1.82) is 0 Å². The minimum atomic E-state index is -1.03. The molecule has 0 spiro atoms. The maximum atomic E-state index is 12.3. The molecule has 0 amide bonds. The van der Waals surface area contributed by atoms with Gasteiger partial charge in [-0.05, 0) is 38.2 Å². The molecule has 0 aliphatic heterocycles. The molecule has 0 aromatic rings. The standard InChI is InChI=1S/C24H34O7/c1-15(2)18-11-10-16(3)12-20(31-17(4)25)13-19(23(27)29-5)8-7-9-21(22(26)14-18)24(28)30-6/h9-11,13,15,20,22,26H,7-8,12,14H2,1-6H3/b16-10+,18-11+,19-13-,21-9-/t20-,22+/m1/s1. The number of aliphatic hydroxyl groups is 1. The normalized spacial score (nSPS) is 27.7. The maximum Gasteiger partial charge on any atom is 0.336 e. The molecule has 0 radical (unpaired) electrons. The van der Waals surface area contributed by atoms with Gasteiger partial charge >= 0.3 is 17.9 Å². The molecule has 31 heavy (non-hydrogen) atoms. The summed E-state index contributed by atoms with van der Waals surface area (Å²) in [6.07, 6.45) is 6.55. The molecule has 0 aromatic carbocycles. The summed E-state index contributed by atoms with van der Waals surface area (Å²) in [6, 6.07) is 0. The van der Waals surface area contributed by atoms with Crippen LogP contribution in [0.3, 0.4) is 0 Å². The van der Waals surface area contributed by atoms with Crippen molar-refractivity contribution < 1.29 is 33.7 Å². The summed E-state index contributed by atoms with van der Waals surface area (Å²) in [6.45, 7) is 7.25. The van der Waals surface area contributed by atoms with E-state index in [1.807, 2.05) is 32.9 Å². The second-order valence-electron chi connectivity index (χ2n) is 7.85. The van der Waals surface area contributed by atoms with E-state index in [-0.39, 0.29) is 24.3 Å². The fraction of sp³-hybridized carbons (Fsp3) is 0.542. The number of hydrogen-bond donors (Lipinski definition) is 1. The first-order valence-electron chi connectivity index (χ1n) is 10.4. The monoisotopic (exact) mass is 434 g/mol. The van der Waals surface area contributed by atoms with Gasteiger partial charge in [-0.1, -0.05) is 43.2 Å². The maximum absolute atomic E-state index is 12.3. The van der Waals surface area contributed by atoms with Crippen LogP contribution >= 0.6 is 0 Å². The lowest BCUT2D eigenvalue weighted by atomic mass is 9.92. The van der Waals surface area contributed by atoms with Gasteiger partial charge in [0.2, 0.25) is 0 Å². The van der Waals surface area contributed by atoms with Crippen LogP contribution in [0, 0.1) is 5.92 Å². The molecule has 1 aliphatic carbocycles. The Hall–Kier alpha value is -2.67. The Morgan fingerprint density at radius 2 is 1.71 bits per heavy atom. The van der Waals surface area contributed by atoms with E-state index in [9.17, 15) is 19.5 Å². The zero-order valence-electron chi connectivity index (χ0n) is 19.3. The van der Waals surface area contributed by atoms with E-state index >= 15 is 0 Å². The van der Waals surface area contributed by atoms with Crippen LogP contribution in [-0.4, -0.2) is 49.4 Å². The SMILES string of the molecule is COC(=O)/C1=C\[C@H](OC(C)=O)C/C(C)=C/C=C(/C(C)C)C[C@H](O)/C(C(=O)OC)=C/CC1. The van der Waals surface area contributed by atoms with Gasteiger partial charge in [0.25, 0.3) is 0 Å². The Bertz CT molecular complexity index is 784. The van der Waals surface area contributed by atoms with Gasteiger partial charge in [0.15, 0.2) is 0 Å². The van der Waals surface area contributed by atoms with Crippen molar-refractivity contribution in [1.82, 2.24) is 0 Å². The number of carbonyl (C=O) groups excluding carboxylic acids is 3. The molecule has 0 bridgehead atoms. The van der Waals surface area contributed by atoms with Crippen LogP contribution in [0.4, 0.5) is 0 Å². The van der Waals surface area contributed by atoms with Crippen molar-refractivity contribution in [3.8, 4) is 0 Å². The highest BCUT2D eigenvalue weighted by Gasteiger charge is 2.22. The fourth-order valence-corrected chi connectivity index (χ4v) is 3.28. The number of esters is 3. The van der Waals surface area contributed by atoms with Crippen molar-refractivity contribution in [2.45, 2.75) is 65.6 Å². The molecule has 172 valence electrons. The highest BCUT2D eigenvalue weighted by Crippen LogP contribution is 2.24. The zero-order valence-corrected chi connectivity index (χ0v) is 19.3. The molecule has 7 heteroatoms. The van der Waals surface area contributed by atoms with Crippen LogP contribution < -0.4 is 0 Å². The van der Waals surface area contributed by atoms with E-state index in [2.05, 4.69) is 0 Å². The lowest BCUT2D eigenvalue weighted by Gasteiger charge is -2.19. The molecule has 1 aliphatic rings. The number of carbonyl (C=O) groups is 3. The largest absolute Gasteiger partial charge is 0.466 e. The quantitative estimate of drug-likeness (QED) is 0.533. The number of rotatable bonds is 4. The van der Waals surface area contributed by atoms with Gasteiger partial charge in [0.1, 0.15) is 6.10 Å². The highest BCUT2D eigenvalue weighted by molar-refractivity contribution is 5.90. The summed E-state index contributed by atoms with van der Waals surface area (Å²) in [4.78, 5) is 36.1. The first kappa shape index (κ1) is 26.4. The average Bonchev–Trinajstić information content (AvgIpc) is 2.70. The van der Waals surface area contributed by atoms with Crippen LogP contribution in [0.5, 0.6) is 0 Å². The van der Waals surface area contributed by atoms with E-state index in [1.54, 1.807) is 12.2 Å². The third-order valence-electron chi connectivity index (χ3n) is 4.99. The van der Waals surface area contributed by atoms with E-state index in [0.29, 0.717) is 18.4 Å². The summed E-state index contributed by atoms with van der Waals surface area (Å²) in [5.74, 6) is -1.45. The zero-order chi connectivity index (χ0) is 23.6. The van der Waals surface area contributed by atoms with Crippen molar-refractivity contribution in [2.24, 2.45) is 5.92 Å². The van der Waals surface area contributed by atoms with Gasteiger partial charge in [-0.2, -0.15) is 0 Å². The molecule has 0 saturated carbocycles. The first-order chi connectivity index (χ1) is 14.6.